The molecule has 0 rings (SSSR count). The molecule has 0 aromatic rings. The van der Waals surface area contributed by atoms with Gasteiger partial charge < -0.3 is 14.2 Å². The highest BCUT2D eigenvalue weighted by Gasteiger charge is 2.16. The lowest BCUT2D eigenvalue weighted by atomic mass is 10.1. The van der Waals surface area contributed by atoms with Crippen LogP contribution in [0.15, 0.2) is 12.7 Å². The van der Waals surface area contributed by atoms with Crippen molar-refractivity contribution in [1.82, 2.24) is 0 Å². The van der Waals surface area contributed by atoms with Gasteiger partial charge in [0.05, 0.1) is 6.61 Å². The Bertz CT molecular complexity index is 387. The zero-order chi connectivity index (χ0) is 20.2. The smallest absolute Gasteiger partial charge is 0.330 e. The van der Waals surface area contributed by atoms with E-state index in [0.717, 1.165) is 35.6 Å². The van der Waals surface area contributed by atoms with Gasteiger partial charge in [-0.3, -0.25) is 4.79 Å². The lowest BCUT2D eigenvalue weighted by Gasteiger charge is -2.18. The van der Waals surface area contributed by atoms with Gasteiger partial charge in [0.25, 0.3) is 0 Å². The molecule has 0 spiro atoms. The fraction of sp³-hybridized carbons (Fsp3) is 0.810. The Labute approximate surface area is 168 Å². The summed E-state index contributed by atoms with van der Waals surface area (Å²) in [7, 11) is 1.15. The van der Waals surface area contributed by atoms with E-state index in [4.69, 9.17) is 14.2 Å². The van der Waals surface area contributed by atoms with Crippen LogP contribution in [0.4, 0.5) is 0 Å². The molecule has 6 heteroatoms. The van der Waals surface area contributed by atoms with Gasteiger partial charge in [0, 0.05) is 29.3 Å². The molecule has 0 aromatic carbocycles. The highest BCUT2D eigenvalue weighted by molar-refractivity contribution is 6.08. The third kappa shape index (κ3) is 18.0. The maximum Gasteiger partial charge on any atom is 0.330 e. The summed E-state index contributed by atoms with van der Waals surface area (Å²) in [6.07, 6.45) is 12.8. The Hall–Kier alpha value is -1.14. The van der Waals surface area contributed by atoms with Gasteiger partial charge in [0.1, 0.15) is 6.61 Å². The van der Waals surface area contributed by atoms with E-state index in [2.05, 4.69) is 13.5 Å². The topological polar surface area (TPSA) is 61.8 Å². The van der Waals surface area contributed by atoms with Crippen LogP contribution >= 0.6 is 0 Å². The maximum absolute atomic E-state index is 12.0. The van der Waals surface area contributed by atoms with Gasteiger partial charge in [-0.25, -0.2) is 4.79 Å². The van der Waals surface area contributed by atoms with E-state index < -0.39 is 12.1 Å². The standard InChI is InChI=1S/C21H40O5Si/c1-3-5-6-7-8-9-10-11-12-14-21(23)26-19(17-24-15-13-16-27)18-25-20(22)4-2/h4,19H,2-3,5-18H2,1,27H3. The lowest BCUT2D eigenvalue weighted by Crippen LogP contribution is -2.29. The van der Waals surface area contributed by atoms with Crippen LogP contribution in [0.3, 0.4) is 0 Å². The Morgan fingerprint density at radius 3 is 2.19 bits per heavy atom. The molecule has 0 fully saturated rings. The summed E-state index contributed by atoms with van der Waals surface area (Å²) in [6.45, 7) is 6.50. The average Bonchev–Trinajstić information content (AvgIpc) is 2.67. The van der Waals surface area contributed by atoms with E-state index in [9.17, 15) is 9.59 Å². The van der Waals surface area contributed by atoms with E-state index >= 15 is 0 Å². The molecule has 1 atom stereocenters. The van der Waals surface area contributed by atoms with Crippen LogP contribution in [0.2, 0.25) is 6.04 Å². The fourth-order valence-corrected chi connectivity index (χ4v) is 2.92. The molecule has 0 heterocycles. The first kappa shape index (κ1) is 25.9. The van der Waals surface area contributed by atoms with Crippen molar-refractivity contribution in [2.24, 2.45) is 0 Å². The molecule has 0 amide bonds. The molecule has 0 saturated carbocycles. The number of hydrogen-bond donors (Lipinski definition) is 0. The predicted molar refractivity (Wildman–Crippen MR) is 113 cm³/mol. The van der Waals surface area contributed by atoms with Crippen LogP contribution in [0.25, 0.3) is 0 Å². The molecule has 158 valence electrons. The van der Waals surface area contributed by atoms with Crippen LogP contribution in [-0.2, 0) is 23.8 Å². The van der Waals surface area contributed by atoms with Crippen molar-refractivity contribution < 1.29 is 23.8 Å². The third-order valence-corrected chi connectivity index (χ3v) is 5.01. The fourth-order valence-electron chi connectivity index (χ4n) is 2.64. The summed E-state index contributed by atoms with van der Waals surface area (Å²) in [4.78, 5) is 23.2. The van der Waals surface area contributed by atoms with Crippen molar-refractivity contribution in [3.63, 3.8) is 0 Å². The van der Waals surface area contributed by atoms with Crippen LogP contribution in [-0.4, -0.2) is 48.1 Å². The highest BCUT2D eigenvalue weighted by Crippen LogP contribution is 2.11. The monoisotopic (exact) mass is 400 g/mol. The maximum atomic E-state index is 12.0. The van der Waals surface area contributed by atoms with E-state index in [1.54, 1.807) is 0 Å². The van der Waals surface area contributed by atoms with E-state index in [-0.39, 0.29) is 19.2 Å². The number of carbonyl (C=O) groups excluding carboxylic acids is 2. The van der Waals surface area contributed by atoms with Gasteiger partial charge in [-0.15, -0.1) is 0 Å². The summed E-state index contributed by atoms with van der Waals surface area (Å²) < 4.78 is 16.0. The van der Waals surface area contributed by atoms with E-state index in [1.165, 1.54) is 51.0 Å². The second-order valence-corrected chi connectivity index (χ2v) is 7.95. The molecule has 0 aromatic heterocycles. The minimum Gasteiger partial charge on any atom is -0.458 e. The van der Waals surface area contributed by atoms with Crippen molar-refractivity contribution in [1.29, 1.82) is 0 Å². The van der Waals surface area contributed by atoms with E-state index in [0.29, 0.717) is 13.0 Å². The van der Waals surface area contributed by atoms with Crippen molar-refractivity contribution in [3.05, 3.63) is 12.7 Å². The first-order valence-corrected chi connectivity index (χ1v) is 12.1. The summed E-state index contributed by atoms with van der Waals surface area (Å²) in [5.74, 6) is -0.765. The zero-order valence-corrected chi connectivity index (χ0v) is 19.5. The molecule has 5 nitrogen and oxygen atoms in total. The number of rotatable bonds is 19. The molecule has 0 aliphatic rings. The van der Waals surface area contributed by atoms with Gasteiger partial charge in [-0.2, -0.15) is 0 Å². The molecular weight excluding hydrogens is 360 g/mol. The average molecular weight is 401 g/mol. The summed E-state index contributed by atoms with van der Waals surface area (Å²) in [5, 5.41) is 0. The first-order chi connectivity index (χ1) is 13.1. The van der Waals surface area contributed by atoms with Crippen LogP contribution in [0, 0.1) is 0 Å². The summed E-state index contributed by atoms with van der Waals surface area (Å²) in [6, 6.07) is 1.18. The third-order valence-electron chi connectivity index (χ3n) is 4.31. The number of esters is 2. The minimum atomic E-state index is -0.547. The largest absolute Gasteiger partial charge is 0.458 e. The number of hydrogen-bond acceptors (Lipinski definition) is 5. The zero-order valence-electron chi connectivity index (χ0n) is 17.5. The van der Waals surface area contributed by atoms with Crippen LogP contribution < -0.4 is 0 Å². The van der Waals surface area contributed by atoms with Crippen LogP contribution in [0.1, 0.15) is 77.6 Å². The lowest BCUT2D eigenvalue weighted by molar-refractivity contribution is -0.160. The molecule has 27 heavy (non-hydrogen) atoms. The van der Waals surface area contributed by atoms with Crippen molar-refractivity contribution in [2.75, 3.05) is 19.8 Å². The second kappa shape index (κ2) is 19.6. The predicted octanol–water partition coefficient (Wildman–Crippen LogP) is 3.74. The van der Waals surface area contributed by atoms with Crippen molar-refractivity contribution in [3.8, 4) is 0 Å². The molecule has 1 unspecified atom stereocenters. The summed E-state index contributed by atoms with van der Waals surface area (Å²) in [5.41, 5.74) is 0. The number of ether oxygens (including phenoxy) is 3. The second-order valence-electron chi connectivity index (χ2n) is 6.95. The van der Waals surface area contributed by atoms with Crippen molar-refractivity contribution >= 4 is 22.2 Å². The molecule has 0 radical (unpaired) electrons. The van der Waals surface area contributed by atoms with Gasteiger partial charge >= 0.3 is 11.9 Å². The van der Waals surface area contributed by atoms with Gasteiger partial charge in [0.15, 0.2) is 6.10 Å². The minimum absolute atomic E-state index is 0.00916. The highest BCUT2D eigenvalue weighted by atomic mass is 28.1. The molecule has 0 aliphatic heterocycles. The Morgan fingerprint density at radius 2 is 1.59 bits per heavy atom. The number of carbonyl (C=O) groups is 2. The Balaban J connectivity index is 3.90. The van der Waals surface area contributed by atoms with Crippen LogP contribution in [0.5, 0.6) is 0 Å². The Kier molecular flexibility index (Phi) is 18.8. The van der Waals surface area contributed by atoms with Crippen molar-refractivity contribution in [2.45, 2.75) is 89.7 Å². The SMILES string of the molecule is C=CC(=O)OCC(COCCC[SiH3])OC(=O)CCCCCCCCCCC. The van der Waals surface area contributed by atoms with Gasteiger partial charge in [-0.1, -0.05) is 70.9 Å². The molecule has 0 N–H and O–H groups in total. The summed E-state index contributed by atoms with van der Waals surface area (Å²) >= 11 is 0. The molecule has 0 saturated heterocycles. The Morgan fingerprint density at radius 1 is 0.963 bits per heavy atom. The molecular formula is C21H40O5Si. The van der Waals surface area contributed by atoms with Gasteiger partial charge in [-0.05, 0) is 12.8 Å². The molecule has 0 aliphatic carbocycles. The quantitative estimate of drug-likeness (QED) is 0.143. The van der Waals surface area contributed by atoms with Gasteiger partial charge in [0.2, 0.25) is 0 Å². The number of unbranched alkanes of at least 4 members (excludes halogenated alkanes) is 8. The molecule has 0 bridgehead atoms. The normalized spacial score (nSPS) is 11.9. The van der Waals surface area contributed by atoms with E-state index in [1.807, 2.05) is 0 Å². The first-order valence-electron chi connectivity index (χ1n) is 10.7.